The zero-order valence-corrected chi connectivity index (χ0v) is 15.7. The number of anilines is 1. The lowest BCUT2D eigenvalue weighted by Gasteiger charge is -2.10. The Hall–Kier alpha value is -3.23. The van der Waals surface area contributed by atoms with Gasteiger partial charge in [0.05, 0.1) is 4.90 Å². The summed E-state index contributed by atoms with van der Waals surface area (Å²) in [7, 11) is -3.77. The van der Waals surface area contributed by atoms with E-state index in [0.717, 1.165) is 0 Å². The minimum absolute atomic E-state index is 0.000817. The van der Waals surface area contributed by atoms with Crippen molar-refractivity contribution in [1.29, 1.82) is 0 Å². The molecule has 1 heterocycles. The van der Waals surface area contributed by atoms with Gasteiger partial charge >= 0.3 is 0 Å². The number of hydrogen-bond acceptors (Lipinski definition) is 5. The summed E-state index contributed by atoms with van der Waals surface area (Å²) in [5.41, 5.74) is 0.217. The van der Waals surface area contributed by atoms with Gasteiger partial charge in [0, 0.05) is 18.3 Å². The highest BCUT2D eigenvalue weighted by Gasteiger charge is 2.16. The molecular formula is C20H19N3O4S. The predicted octanol–water partition coefficient (Wildman–Crippen LogP) is 2.69. The first kappa shape index (κ1) is 19.5. The van der Waals surface area contributed by atoms with Crippen molar-refractivity contribution in [2.45, 2.75) is 4.90 Å². The van der Waals surface area contributed by atoms with Gasteiger partial charge in [0.1, 0.15) is 18.2 Å². The molecule has 144 valence electrons. The third kappa shape index (κ3) is 5.38. The van der Waals surface area contributed by atoms with E-state index in [-0.39, 0.29) is 23.6 Å². The fourth-order valence-electron chi connectivity index (χ4n) is 2.37. The Morgan fingerprint density at radius 2 is 1.75 bits per heavy atom. The topological polar surface area (TPSA) is 97.4 Å². The van der Waals surface area contributed by atoms with Gasteiger partial charge in [-0.3, -0.25) is 4.79 Å². The maximum atomic E-state index is 12.5. The molecule has 0 saturated heterocycles. The number of sulfonamides is 1. The van der Waals surface area contributed by atoms with E-state index in [0.29, 0.717) is 11.6 Å². The predicted molar refractivity (Wildman–Crippen MR) is 106 cm³/mol. The number of carbonyl (C=O) groups is 1. The van der Waals surface area contributed by atoms with Crippen LogP contribution in [0, 0.1) is 0 Å². The summed E-state index contributed by atoms with van der Waals surface area (Å²) >= 11 is 0. The van der Waals surface area contributed by atoms with Crippen LogP contribution in [-0.2, 0) is 10.0 Å². The van der Waals surface area contributed by atoms with Crippen LogP contribution < -0.4 is 14.8 Å². The molecule has 7 nitrogen and oxygen atoms in total. The van der Waals surface area contributed by atoms with E-state index in [2.05, 4.69) is 15.0 Å². The van der Waals surface area contributed by atoms with Crippen LogP contribution in [0.15, 0.2) is 83.9 Å². The number of nitrogens with zero attached hydrogens (tertiary/aromatic N) is 1. The van der Waals surface area contributed by atoms with Gasteiger partial charge in [-0.1, -0.05) is 30.3 Å². The molecule has 0 bridgehead atoms. The molecule has 1 aromatic heterocycles. The summed E-state index contributed by atoms with van der Waals surface area (Å²) in [5.74, 6) is 0.606. The Labute approximate surface area is 163 Å². The normalized spacial score (nSPS) is 11.0. The highest BCUT2D eigenvalue weighted by atomic mass is 32.2. The molecule has 0 radical (unpaired) electrons. The highest BCUT2D eigenvalue weighted by molar-refractivity contribution is 7.89. The molecule has 0 atom stereocenters. The lowest BCUT2D eigenvalue weighted by Crippen LogP contribution is -2.28. The third-order valence-electron chi connectivity index (χ3n) is 3.72. The number of rotatable bonds is 8. The molecule has 8 heteroatoms. The van der Waals surface area contributed by atoms with Crippen molar-refractivity contribution >= 4 is 21.7 Å². The van der Waals surface area contributed by atoms with E-state index < -0.39 is 15.9 Å². The van der Waals surface area contributed by atoms with Gasteiger partial charge in [0.25, 0.3) is 5.91 Å². The Kier molecular flexibility index (Phi) is 6.36. The van der Waals surface area contributed by atoms with Crippen molar-refractivity contribution in [3.63, 3.8) is 0 Å². The average Bonchev–Trinajstić information content (AvgIpc) is 2.73. The molecule has 0 saturated carbocycles. The van der Waals surface area contributed by atoms with E-state index in [4.69, 9.17) is 4.74 Å². The number of pyridine rings is 1. The first-order chi connectivity index (χ1) is 13.5. The van der Waals surface area contributed by atoms with Crippen molar-refractivity contribution in [2.24, 2.45) is 0 Å². The van der Waals surface area contributed by atoms with Gasteiger partial charge in [-0.15, -0.1) is 0 Å². The second kappa shape index (κ2) is 9.12. The molecule has 0 aliphatic heterocycles. The summed E-state index contributed by atoms with van der Waals surface area (Å²) in [6.07, 6.45) is 1.55. The fourth-order valence-corrected chi connectivity index (χ4v) is 3.43. The van der Waals surface area contributed by atoms with Crippen LogP contribution in [-0.4, -0.2) is 32.5 Å². The molecule has 3 aromatic rings. The van der Waals surface area contributed by atoms with Gasteiger partial charge in [0.2, 0.25) is 10.0 Å². The van der Waals surface area contributed by atoms with E-state index in [1.807, 2.05) is 18.2 Å². The number of amides is 1. The standard InChI is InChI=1S/C20H19N3O4S/c24-20(23-19-11-4-5-12-21-19)16-7-6-10-18(15-16)28(25,26)22-13-14-27-17-8-2-1-3-9-17/h1-12,15,22H,13-14H2,(H,21,23,24). The summed E-state index contributed by atoms with van der Waals surface area (Å²) in [5, 5.41) is 2.62. The van der Waals surface area contributed by atoms with Crippen molar-refractivity contribution in [1.82, 2.24) is 9.71 Å². The summed E-state index contributed by atoms with van der Waals surface area (Å²) in [4.78, 5) is 16.3. The number of ether oxygens (including phenoxy) is 1. The Bertz CT molecular complexity index is 1030. The molecule has 2 N–H and O–H groups in total. The Balaban J connectivity index is 1.60. The molecule has 0 fully saturated rings. The monoisotopic (exact) mass is 397 g/mol. The number of carbonyl (C=O) groups excluding carboxylic acids is 1. The lowest BCUT2D eigenvalue weighted by molar-refractivity contribution is 0.102. The van der Waals surface area contributed by atoms with Crippen molar-refractivity contribution in [3.8, 4) is 5.75 Å². The van der Waals surface area contributed by atoms with Crippen LogP contribution in [0.1, 0.15) is 10.4 Å². The Morgan fingerprint density at radius 1 is 0.964 bits per heavy atom. The zero-order chi connectivity index (χ0) is 19.8. The molecule has 0 aliphatic rings. The fraction of sp³-hybridized carbons (Fsp3) is 0.100. The minimum Gasteiger partial charge on any atom is -0.492 e. The zero-order valence-electron chi connectivity index (χ0n) is 14.9. The quantitative estimate of drug-likeness (QED) is 0.570. The number of nitrogens with one attached hydrogen (secondary N) is 2. The first-order valence-electron chi connectivity index (χ1n) is 8.54. The molecular weight excluding hydrogens is 378 g/mol. The summed E-state index contributed by atoms with van der Waals surface area (Å²) < 4.78 is 32.9. The van der Waals surface area contributed by atoms with Crippen molar-refractivity contribution in [2.75, 3.05) is 18.5 Å². The molecule has 1 amide bonds. The van der Waals surface area contributed by atoms with E-state index in [1.54, 1.807) is 36.5 Å². The van der Waals surface area contributed by atoms with Crippen LogP contribution in [0.5, 0.6) is 5.75 Å². The summed E-state index contributed by atoms with van der Waals surface area (Å²) in [6.45, 7) is 0.282. The number of aromatic nitrogens is 1. The lowest BCUT2D eigenvalue weighted by atomic mass is 10.2. The van der Waals surface area contributed by atoms with Crippen LogP contribution in [0.4, 0.5) is 5.82 Å². The van der Waals surface area contributed by atoms with Gasteiger partial charge in [0.15, 0.2) is 0 Å². The largest absolute Gasteiger partial charge is 0.492 e. The highest BCUT2D eigenvalue weighted by Crippen LogP contribution is 2.13. The molecule has 2 aromatic carbocycles. The first-order valence-corrected chi connectivity index (χ1v) is 10.0. The maximum absolute atomic E-state index is 12.5. The van der Waals surface area contributed by atoms with Crippen LogP contribution in [0.2, 0.25) is 0 Å². The van der Waals surface area contributed by atoms with Crippen molar-refractivity contribution in [3.05, 3.63) is 84.6 Å². The molecule has 0 aliphatic carbocycles. The van der Waals surface area contributed by atoms with Gasteiger partial charge in [-0.05, 0) is 42.5 Å². The average molecular weight is 397 g/mol. The van der Waals surface area contributed by atoms with Gasteiger partial charge in [-0.25, -0.2) is 18.1 Å². The smallest absolute Gasteiger partial charge is 0.256 e. The second-order valence-electron chi connectivity index (χ2n) is 5.76. The Morgan fingerprint density at radius 3 is 2.50 bits per heavy atom. The van der Waals surface area contributed by atoms with Crippen LogP contribution in [0.3, 0.4) is 0 Å². The number of para-hydroxylation sites is 1. The SMILES string of the molecule is O=C(Nc1ccccn1)c1cccc(S(=O)(=O)NCCOc2ccccc2)c1. The molecule has 3 rings (SSSR count). The van der Waals surface area contributed by atoms with Crippen LogP contribution >= 0.6 is 0 Å². The van der Waals surface area contributed by atoms with E-state index in [9.17, 15) is 13.2 Å². The molecule has 0 unspecified atom stereocenters. The van der Waals surface area contributed by atoms with Gasteiger partial charge < -0.3 is 10.1 Å². The second-order valence-corrected chi connectivity index (χ2v) is 7.52. The minimum atomic E-state index is -3.77. The van der Waals surface area contributed by atoms with Gasteiger partial charge in [-0.2, -0.15) is 0 Å². The number of benzene rings is 2. The summed E-state index contributed by atoms with van der Waals surface area (Å²) in [6, 6.07) is 20.0. The van der Waals surface area contributed by atoms with E-state index >= 15 is 0 Å². The third-order valence-corrected chi connectivity index (χ3v) is 5.18. The molecule has 0 spiro atoms. The maximum Gasteiger partial charge on any atom is 0.256 e. The van der Waals surface area contributed by atoms with E-state index in [1.165, 1.54) is 24.3 Å². The number of hydrogen-bond donors (Lipinski definition) is 2. The van der Waals surface area contributed by atoms with Crippen LogP contribution in [0.25, 0.3) is 0 Å². The molecule has 28 heavy (non-hydrogen) atoms. The van der Waals surface area contributed by atoms with Crippen molar-refractivity contribution < 1.29 is 17.9 Å².